The Balaban J connectivity index is 2.21. The third kappa shape index (κ3) is 1.59. The predicted octanol–water partition coefficient (Wildman–Crippen LogP) is 2.72. The highest BCUT2D eigenvalue weighted by Crippen LogP contribution is 2.34. The first-order valence-electron chi connectivity index (χ1n) is 6.70. The zero-order valence-electron chi connectivity index (χ0n) is 11.2. The third-order valence-corrected chi connectivity index (χ3v) is 3.96. The quantitative estimate of drug-likeness (QED) is 0.884. The van der Waals surface area contributed by atoms with Gasteiger partial charge in [0.2, 0.25) is 0 Å². The molecule has 1 saturated carbocycles. The van der Waals surface area contributed by atoms with E-state index in [1.54, 1.807) is 4.52 Å². The molecule has 0 aliphatic heterocycles. The van der Waals surface area contributed by atoms with Crippen LogP contribution in [0.3, 0.4) is 0 Å². The second kappa shape index (κ2) is 3.97. The van der Waals surface area contributed by atoms with Gasteiger partial charge >= 0.3 is 0 Å². The summed E-state index contributed by atoms with van der Waals surface area (Å²) in [6.45, 7) is 6.10. The van der Waals surface area contributed by atoms with Crippen molar-refractivity contribution >= 4 is 5.65 Å². The smallest absolute Gasteiger partial charge is 0.274 e. The summed E-state index contributed by atoms with van der Waals surface area (Å²) >= 11 is 0. The monoisotopic (exact) mass is 245 g/mol. The molecule has 4 nitrogen and oxygen atoms in total. The van der Waals surface area contributed by atoms with Crippen molar-refractivity contribution < 1.29 is 0 Å². The van der Waals surface area contributed by atoms with E-state index in [0.717, 1.165) is 22.6 Å². The number of aromatic amines is 1. The highest BCUT2D eigenvalue weighted by Gasteiger charge is 2.23. The first kappa shape index (κ1) is 11.5. The van der Waals surface area contributed by atoms with Gasteiger partial charge in [-0.15, -0.1) is 0 Å². The molecule has 0 spiro atoms. The summed E-state index contributed by atoms with van der Waals surface area (Å²) in [4.78, 5) is 17.0. The molecule has 0 radical (unpaired) electrons. The van der Waals surface area contributed by atoms with Gasteiger partial charge < -0.3 is 0 Å². The number of H-pyrrole nitrogens is 1. The number of hydrogen-bond donors (Lipinski definition) is 1. The minimum atomic E-state index is 0.0538. The fourth-order valence-electron chi connectivity index (χ4n) is 2.75. The summed E-state index contributed by atoms with van der Waals surface area (Å²) in [5.41, 5.74) is 2.74. The van der Waals surface area contributed by atoms with E-state index < -0.39 is 0 Å². The average Bonchev–Trinajstić information content (AvgIpc) is 2.57. The molecule has 0 saturated heterocycles. The maximum absolute atomic E-state index is 12.4. The average molecular weight is 245 g/mol. The van der Waals surface area contributed by atoms with Crippen molar-refractivity contribution in [1.29, 1.82) is 0 Å². The van der Waals surface area contributed by atoms with Crippen LogP contribution in [0.2, 0.25) is 0 Å². The molecule has 4 heteroatoms. The second-order valence-electron chi connectivity index (χ2n) is 5.63. The number of aryl methyl sites for hydroxylation is 1. The molecule has 1 aliphatic carbocycles. The van der Waals surface area contributed by atoms with Crippen molar-refractivity contribution in [3.8, 4) is 0 Å². The molecule has 2 heterocycles. The first-order valence-corrected chi connectivity index (χ1v) is 6.70. The highest BCUT2D eigenvalue weighted by atomic mass is 16.1. The van der Waals surface area contributed by atoms with Crippen molar-refractivity contribution in [2.75, 3.05) is 0 Å². The Labute approximate surface area is 106 Å². The molecular weight excluding hydrogens is 226 g/mol. The minimum Gasteiger partial charge on any atom is -0.276 e. The fraction of sp³-hybridized carbons (Fsp3) is 0.571. The number of nitrogens with zero attached hydrogens (tertiary/aromatic N) is 2. The Kier molecular flexibility index (Phi) is 2.54. The molecule has 1 fully saturated rings. The standard InChI is InChI=1S/C14H19N3O/c1-8(2)12-9(3)7-11-15-13(10-5-4-6-10)16-17(11)14(12)18/h7-8,10H,4-6H2,1-3H3,(H,15,16). The number of nitrogens with one attached hydrogen (secondary N) is 1. The molecule has 96 valence electrons. The Bertz CT molecular complexity index is 647. The Morgan fingerprint density at radius 2 is 2.17 bits per heavy atom. The lowest BCUT2D eigenvalue weighted by molar-refractivity contribution is 0.401. The molecule has 2 aromatic rings. The van der Waals surface area contributed by atoms with Crippen LogP contribution in [0.15, 0.2) is 10.9 Å². The molecule has 18 heavy (non-hydrogen) atoms. The van der Waals surface area contributed by atoms with Crippen molar-refractivity contribution in [3.63, 3.8) is 0 Å². The minimum absolute atomic E-state index is 0.0538. The van der Waals surface area contributed by atoms with Crippen LogP contribution in [-0.4, -0.2) is 14.6 Å². The van der Waals surface area contributed by atoms with Gasteiger partial charge in [0, 0.05) is 11.5 Å². The first-order chi connectivity index (χ1) is 8.58. The van der Waals surface area contributed by atoms with Gasteiger partial charge in [0.05, 0.1) is 0 Å². The van der Waals surface area contributed by atoms with E-state index in [4.69, 9.17) is 0 Å². The van der Waals surface area contributed by atoms with Gasteiger partial charge in [-0.3, -0.25) is 9.89 Å². The number of pyridine rings is 1. The van der Waals surface area contributed by atoms with Crippen molar-refractivity contribution in [2.24, 2.45) is 0 Å². The van der Waals surface area contributed by atoms with Crippen LogP contribution in [0, 0.1) is 6.92 Å². The largest absolute Gasteiger partial charge is 0.276 e. The zero-order valence-corrected chi connectivity index (χ0v) is 11.2. The summed E-state index contributed by atoms with van der Waals surface area (Å²) in [6.07, 6.45) is 3.64. The van der Waals surface area contributed by atoms with Gasteiger partial charge in [-0.05, 0) is 37.3 Å². The Hall–Kier alpha value is -1.58. The van der Waals surface area contributed by atoms with Crippen LogP contribution in [0.4, 0.5) is 0 Å². The SMILES string of the molecule is Cc1cc2nc(C3CCC3)[nH]n2c(=O)c1C(C)C. The lowest BCUT2D eigenvalue weighted by Crippen LogP contribution is -2.21. The Morgan fingerprint density at radius 1 is 1.44 bits per heavy atom. The van der Waals surface area contributed by atoms with Gasteiger partial charge in [0.1, 0.15) is 5.82 Å². The number of hydrogen-bond acceptors (Lipinski definition) is 2. The molecule has 0 atom stereocenters. The zero-order chi connectivity index (χ0) is 12.9. The maximum atomic E-state index is 12.4. The van der Waals surface area contributed by atoms with Crippen LogP contribution >= 0.6 is 0 Å². The summed E-state index contributed by atoms with van der Waals surface area (Å²) in [7, 11) is 0. The van der Waals surface area contributed by atoms with E-state index in [9.17, 15) is 4.79 Å². The van der Waals surface area contributed by atoms with Crippen LogP contribution in [0.1, 0.15) is 61.9 Å². The summed E-state index contributed by atoms with van der Waals surface area (Å²) in [6, 6.07) is 2.01. The van der Waals surface area contributed by atoms with Gasteiger partial charge in [0.15, 0.2) is 5.65 Å². The molecule has 1 N–H and O–H groups in total. The van der Waals surface area contributed by atoms with E-state index in [1.165, 1.54) is 19.3 Å². The van der Waals surface area contributed by atoms with Crippen LogP contribution in [-0.2, 0) is 0 Å². The van der Waals surface area contributed by atoms with E-state index in [1.807, 2.05) is 13.0 Å². The lowest BCUT2D eigenvalue weighted by atomic mass is 9.85. The predicted molar refractivity (Wildman–Crippen MR) is 71.2 cm³/mol. The van der Waals surface area contributed by atoms with Crippen LogP contribution in [0.5, 0.6) is 0 Å². The van der Waals surface area contributed by atoms with Crippen LogP contribution < -0.4 is 5.56 Å². The van der Waals surface area contributed by atoms with Gasteiger partial charge in [-0.2, -0.15) is 4.52 Å². The van der Waals surface area contributed by atoms with Crippen molar-refractivity contribution in [3.05, 3.63) is 33.4 Å². The van der Waals surface area contributed by atoms with Gasteiger partial charge in [0.25, 0.3) is 5.56 Å². The van der Waals surface area contributed by atoms with Crippen LogP contribution in [0.25, 0.3) is 5.65 Å². The topological polar surface area (TPSA) is 50.2 Å². The molecular formula is C14H19N3O. The fourth-order valence-corrected chi connectivity index (χ4v) is 2.75. The van der Waals surface area contributed by atoms with Gasteiger partial charge in [-0.25, -0.2) is 4.98 Å². The third-order valence-electron chi connectivity index (χ3n) is 3.96. The van der Waals surface area contributed by atoms with Crippen molar-refractivity contribution in [2.45, 2.75) is 51.9 Å². The summed E-state index contributed by atoms with van der Waals surface area (Å²) in [5.74, 6) is 1.73. The second-order valence-corrected chi connectivity index (χ2v) is 5.63. The van der Waals surface area contributed by atoms with E-state index >= 15 is 0 Å². The molecule has 0 aromatic carbocycles. The number of fused-ring (bicyclic) bond motifs is 1. The Morgan fingerprint density at radius 3 is 2.72 bits per heavy atom. The summed E-state index contributed by atoms with van der Waals surface area (Å²) < 4.78 is 1.61. The highest BCUT2D eigenvalue weighted by molar-refractivity contribution is 5.44. The van der Waals surface area contributed by atoms with E-state index in [0.29, 0.717) is 5.92 Å². The lowest BCUT2D eigenvalue weighted by Gasteiger charge is -2.22. The molecule has 1 aliphatic rings. The number of rotatable bonds is 2. The van der Waals surface area contributed by atoms with Crippen molar-refractivity contribution in [1.82, 2.24) is 14.6 Å². The molecule has 3 rings (SSSR count). The molecule has 2 aromatic heterocycles. The number of aromatic nitrogens is 3. The molecule has 0 amide bonds. The normalized spacial score (nSPS) is 16.4. The van der Waals surface area contributed by atoms with E-state index in [-0.39, 0.29) is 11.5 Å². The maximum Gasteiger partial charge on any atom is 0.274 e. The molecule has 0 unspecified atom stereocenters. The van der Waals surface area contributed by atoms with E-state index in [2.05, 4.69) is 23.9 Å². The van der Waals surface area contributed by atoms with Gasteiger partial charge in [-0.1, -0.05) is 20.3 Å². The summed E-state index contributed by atoms with van der Waals surface area (Å²) in [5, 5.41) is 3.18. The molecule has 0 bridgehead atoms.